The molecule has 105 heavy (non-hydrogen) atoms. The lowest BCUT2D eigenvalue weighted by Crippen LogP contribution is -2.10. The Kier molecular flexibility index (Phi) is 20.3. The van der Waals surface area contributed by atoms with Crippen LogP contribution in [0.4, 0.5) is 60.5 Å². The molecule has 20 nitrogen and oxygen atoms in total. The number of imidazole rings is 1. The minimum Gasteiger partial charge on any atom is -0.350 e. The van der Waals surface area contributed by atoms with E-state index >= 15 is 0 Å². The molecule has 3 aliphatic carbocycles. The largest absolute Gasteiger partial charge is 0.350 e. The van der Waals surface area contributed by atoms with Crippen LogP contribution in [-0.2, 0) is 60.9 Å². The summed E-state index contributed by atoms with van der Waals surface area (Å²) in [4.78, 5) is 26.8. The highest BCUT2D eigenvalue weighted by Gasteiger charge is 2.38. The van der Waals surface area contributed by atoms with Crippen LogP contribution in [0.2, 0.25) is 0 Å². The first-order chi connectivity index (χ1) is 50.0. The number of nitrogens with zero attached hydrogens (tertiary/aromatic N) is 8. The number of nitro benzene ring substituents is 2. The predicted octanol–water partition coefficient (Wildman–Crippen LogP) is 17.3. The summed E-state index contributed by atoms with van der Waals surface area (Å²) in [6.45, 7) is 0. The molecule has 12 aromatic rings. The van der Waals surface area contributed by atoms with E-state index in [2.05, 4.69) is 41.7 Å². The van der Waals surface area contributed by atoms with Crippen LogP contribution in [0, 0.1) is 55.1 Å². The highest BCUT2D eigenvalue weighted by molar-refractivity contribution is 9.10. The van der Waals surface area contributed by atoms with Crippen molar-refractivity contribution in [3.8, 4) is 61.3 Å². The Balaban J connectivity index is 0.000000140. The molecular formula is C75H61BrF6N10O10S3. The summed E-state index contributed by atoms with van der Waals surface area (Å²) in [5.41, 5.74) is 8.94. The molecule has 3 saturated carbocycles. The van der Waals surface area contributed by atoms with Gasteiger partial charge in [-0.3, -0.25) is 34.2 Å². The Morgan fingerprint density at radius 1 is 0.457 bits per heavy atom. The minimum atomic E-state index is -3.40. The predicted molar refractivity (Wildman–Crippen MR) is 392 cm³/mol. The van der Waals surface area contributed by atoms with E-state index in [1.165, 1.54) is 54.6 Å². The van der Waals surface area contributed by atoms with Crippen LogP contribution in [0.15, 0.2) is 199 Å². The van der Waals surface area contributed by atoms with Gasteiger partial charge in [0.15, 0.2) is 29.5 Å². The van der Waals surface area contributed by atoms with Crippen molar-refractivity contribution in [3.05, 3.63) is 271 Å². The van der Waals surface area contributed by atoms with Crippen LogP contribution in [0.1, 0.15) is 55.2 Å². The number of anilines is 4. The molecule has 9 aromatic carbocycles. The van der Waals surface area contributed by atoms with Gasteiger partial charge in [0.2, 0.25) is 0 Å². The molecule has 0 spiro atoms. The fourth-order valence-electron chi connectivity index (χ4n) is 12.1. The molecule has 0 radical (unpaired) electrons. The molecule has 0 amide bonds. The van der Waals surface area contributed by atoms with Crippen molar-refractivity contribution in [2.45, 2.75) is 71.5 Å². The lowest BCUT2D eigenvalue weighted by molar-refractivity contribution is -0.384. The molecule has 0 atom stereocenters. The molecule has 15 rings (SSSR count). The molecule has 3 heterocycles. The first kappa shape index (κ1) is 72.5. The minimum absolute atomic E-state index is 0.0801. The van der Waals surface area contributed by atoms with Gasteiger partial charge in [-0.05, 0) is 204 Å². The van der Waals surface area contributed by atoms with Crippen LogP contribution < -0.4 is 10.6 Å². The third kappa shape index (κ3) is 17.2. The number of nitro groups is 2. The van der Waals surface area contributed by atoms with Crippen LogP contribution in [0.3, 0.4) is 0 Å². The van der Waals surface area contributed by atoms with Gasteiger partial charge in [-0.1, -0.05) is 28.1 Å². The number of aromatic nitrogens is 6. The SMILES string of the molecule is Cn1cc(-c2ccc(Nc3cc(CS(=O)(=O)C4CC4)cc(-c4ccc(F)cc4F)c3)c([N+](=O)[O-])c2)cn1.Cn1cc(-c2ccc3c(c2)ncn3-c2cc(CS(=O)(=O)C3CC3)cc(-c3ccc(F)cc3F)c2)cn1.O=[N+]([O-])c1cc(Br)ccc1Nc1cc(CS(=O)(=O)C2CC2)cc(-c2ccc(F)cc2F)c1. The summed E-state index contributed by atoms with van der Waals surface area (Å²) in [7, 11) is -6.47. The monoisotopic (exact) mass is 1550 g/mol. The summed E-state index contributed by atoms with van der Waals surface area (Å²) in [6, 6.07) is 39.2. The highest BCUT2D eigenvalue weighted by atomic mass is 79.9. The van der Waals surface area contributed by atoms with Crippen LogP contribution in [0.5, 0.6) is 0 Å². The highest BCUT2D eigenvalue weighted by Crippen LogP contribution is 2.41. The van der Waals surface area contributed by atoms with Gasteiger partial charge in [-0.25, -0.2) is 56.6 Å². The molecule has 0 aliphatic heterocycles. The fraction of sp³-hybridized carbons (Fsp3) is 0.187. The zero-order valence-corrected chi connectivity index (χ0v) is 59.6. The van der Waals surface area contributed by atoms with Gasteiger partial charge in [0.1, 0.15) is 52.6 Å². The Morgan fingerprint density at radius 2 is 0.857 bits per heavy atom. The Bertz CT molecular complexity index is 5810. The maximum Gasteiger partial charge on any atom is 0.293 e. The number of hydrogen-bond acceptors (Lipinski definition) is 15. The lowest BCUT2D eigenvalue weighted by atomic mass is 10.0. The average molecular weight is 1550 g/mol. The van der Waals surface area contributed by atoms with Crippen LogP contribution in [0.25, 0.3) is 72.4 Å². The van der Waals surface area contributed by atoms with Gasteiger partial charge in [-0.2, -0.15) is 10.2 Å². The van der Waals surface area contributed by atoms with E-state index in [0.29, 0.717) is 105 Å². The normalized spacial score (nSPS) is 13.7. The summed E-state index contributed by atoms with van der Waals surface area (Å²) in [6.07, 6.45) is 12.5. The first-order valence-corrected chi connectivity index (χ1v) is 38.6. The number of hydrogen-bond donors (Lipinski definition) is 2. The van der Waals surface area contributed by atoms with E-state index in [-0.39, 0.29) is 67.2 Å². The number of sulfone groups is 3. The smallest absolute Gasteiger partial charge is 0.293 e. The zero-order valence-electron chi connectivity index (χ0n) is 55.6. The van der Waals surface area contributed by atoms with Crippen molar-refractivity contribution in [1.82, 2.24) is 29.1 Å². The number of nitrogens with one attached hydrogen (secondary N) is 2. The van der Waals surface area contributed by atoms with Gasteiger partial charge in [0.05, 0.1) is 66.3 Å². The molecule has 2 N–H and O–H groups in total. The summed E-state index contributed by atoms with van der Waals surface area (Å²) in [5, 5.41) is 36.5. The molecule has 3 aromatic heterocycles. The van der Waals surface area contributed by atoms with Gasteiger partial charge < -0.3 is 10.6 Å². The molecule has 0 unspecified atom stereocenters. The summed E-state index contributed by atoms with van der Waals surface area (Å²) < 4.78 is 166. The lowest BCUT2D eigenvalue weighted by Gasteiger charge is -2.14. The van der Waals surface area contributed by atoms with Crippen molar-refractivity contribution in [3.63, 3.8) is 0 Å². The molecule has 538 valence electrons. The summed E-state index contributed by atoms with van der Waals surface area (Å²) in [5.74, 6) is -5.10. The molecule has 3 fully saturated rings. The van der Waals surface area contributed by atoms with Crippen molar-refractivity contribution in [2.75, 3.05) is 10.6 Å². The standard InChI is InChI=1S/C27H22F2N4O2S.C26H22F2N4O4S.C22H17BrF2N2O4S/c1-32-14-20(13-31-32)18-2-7-27-26(11-18)30-16-33(27)22-9-17(15-36(34,35)23-4-5-23)8-19(10-22)24-6-3-21(28)12-25(24)29;1-31-14-19(13-29-31)17-2-7-25(26(11-17)32(33)34)30-21-9-16(15-37(35,36)22-4-5-22)8-18(10-21)23-6-3-20(27)12-24(23)28;23-15-1-6-21(22(10-15)27(28)29)26-17-8-13(12-32(30,31)18-3-4-18)7-14(9-17)19-5-2-16(24)11-20(19)25/h2-3,6-14,16,23H,4-5,15H2,1H3;2-3,6-14,22,30H,4-5,15H2,1H3;1-2,5-11,18,26H,3-4,12H2. The number of benzene rings is 9. The van der Waals surface area contributed by atoms with Crippen molar-refractivity contribution < 1.29 is 61.4 Å². The van der Waals surface area contributed by atoms with E-state index in [1.54, 1.807) is 102 Å². The van der Waals surface area contributed by atoms with E-state index in [4.69, 9.17) is 0 Å². The van der Waals surface area contributed by atoms with E-state index in [1.807, 2.05) is 36.0 Å². The Labute approximate surface area is 606 Å². The number of fused-ring (bicyclic) bond motifs is 1. The van der Waals surface area contributed by atoms with Crippen molar-refractivity contribution in [2.24, 2.45) is 14.1 Å². The quantitative estimate of drug-likeness (QED) is 0.0385. The molecule has 0 bridgehead atoms. The van der Waals surface area contributed by atoms with Gasteiger partial charge in [0, 0.05) is 106 Å². The van der Waals surface area contributed by atoms with Gasteiger partial charge in [-0.15, -0.1) is 0 Å². The van der Waals surface area contributed by atoms with E-state index < -0.39 is 79.5 Å². The van der Waals surface area contributed by atoms with E-state index in [0.717, 1.165) is 52.5 Å². The third-order valence-electron chi connectivity index (χ3n) is 17.7. The second-order valence-electron chi connectivity index (χ2n) is 25.9. The summed E-state index contributed by atoms with van der Waals surface area (Å²) >= 11 is 3.20. The zero-order chi connectivity index (χ0) is 74.4. The van der Waals surface area contributed by atoms with Gasteiger partial charge in [0.25, 0.3) is 11.4 Å². The molecule has 0 saturated heterocycles. The number of rotatable bonds is 21. The number of halogens is 7. The molecular weight excluding hydrogens is 1490 g/mol. The van der Waals surface area contributed by atoms with Crippen molar-refractivity contribution >= 4 is 90.6 Å². The fourth-order valence-corrected chi connectivity index (χ4v) is 17.7. The first-order valence-electron chi connectivity index (χ1n) is 32.6. The Morgan fingerprint density at radius 3 is 1.27 bits per heavy atom. The average Bonchev–Trinajstić information content (AvgIpc) is 1.71. The Hall–Kier alpha value is -10.8. The number of aryl methyl sites for hydroxylation is 2. The van der Waals surface area contributed by atoms with Crippen LogP contribution >= 0.6 is 15.9 Å². The third-order valence-corrected chi connectivity index (χ3v) is 24.9. The molecule has 30 heteroatoms. The second-order valence-corrected chi connectivity index (χ2v) is 33.7. The van der Waals surface area contributed by atoms with Crippen molar-refractivity contribution in [1.29, 1.82) is 0 Å². The topological polar surface area (TPSA) is 266 Å². The maximum atomic E-state index is 14.7. The van der Waals surface area contributed by atoms with Gasteiger partial charge >= 0.3 is 0 Å². The van der Waals surface area contributed by atoms with Crippen LogP contribution in [-0.4, -0.2) is 80.0 Å². The maximum absolute atomic E-state index is 14.7. The second kappa shape index (κ2) is 29.4. The molecule has 3 aliphatic rings. The van der Waals surface area contributed by atoms with E-state index in [9.17, 15) is 71.8 Å².